The first-order valence-corrected chi connectivity index (χ1v) is 23.1. The predicted molar refractivity (Wildman–Crippen MR) is 236 cm³/mol. The van der Waals surface area contributed by atoms with Crippen molar-refractivity contribution >= 4 is 11.9 Å². The summed E-state index contributed by atoms with van der Waals surface area (Å²) in [6.07, 6.45) is 51.4. The SMILES string of the molecule is CC/C=C/C=C/C=C\C=C/CCCC(CC(=O)NC(CO)C(O)CCCCCCCCCCCCCC)OC(=O)CCCCC/C=C\CCCCCCCC. The van der Waals surface area contributed by atoms with E-state index in [1.165, 1.54) is 96.3 Å². The highest BCUT2D eigenvalue weighted by molar-refractivity contribution is 5.77. The van der Waals surface area contributed by atoms with Gasteiger partial charge in [0.15, 0.2) is 0 Å². The second-order valence-corrected chi connectivity index (χ2v) is 15.5. The van der Waals surface area contributed by atoms with E-state index >= 15 is 0 Å². The number of carbonyl (C=O) groups excluding carboxylic acids is 2. The number of hydrogen-bond acceptors (Lipinski definition) is 5. The number of allylic oxidation sites excluding steroid dienone is 10. The van der Waals surface area contributed by atoms with E-state index in [0.717, 1.165) is 70.6 Å². The largest absolute Gasteiger partial charge is 0.462 e. The quantitative estimate of drug-likeness (QED) is 0.0250. The van der Waals surface area contributed by atoms with Crippen molar-refractivity contribution in [3.8, 4) is 0 Å². The highest BCUT2D eigenvalue weighted by Crippen LogP contribution is 2.16. The van der Waals surface area contributed by atoms with Gasteiger partial charge in [-0.05, 0) is 64.2 Å². The molecular weight excluding hydrogens is 683 g/mol. The number of ether oxygens (including phenoxy) is 1. The molecule has 6 heteroatoms. The minimum Gasteiger partial charge on any atom is -0.462 e. The van der Waals surface area contributed by atoms with Gasteiger partial charge in [-0.3, -0.25) is 9.59 Å². The average molecular weight is 770 g/mol. The van der Waals surface area contributed by atoms with Crippen molar-refractivity contribution in [2.24, 2.45) is 0 Å². The molecule has 6 nitrogen and oxygen atoms in total. The van der Waals surface area contributed by atoms with E-state index in [0.29, 0.717) is 19.3 Å². The Morgan fingerprint density at radius 3 is 1.56 bits per heavy atom. The van der Waals surface area contributed by atoms with Gasteiger partial charge in [0.1, 0.15) is 6.10 Å². The third kappa shape index (κ3) is 38.2. The fourth-order valence-corrected chi connectivity index (χ4v) is 6.68. The van der Waals surface area contributed by atoms with Crippen molar-refractivity contribution in [2.45, 2.75) is 232 Å². The fraction of sp³-hybridized carbons (Fsp3) is 0.755. The Morgan fingerprint density at radius 2 is 1.02 bits per heavy atom. The van der Waals surface area contributed by atoms with Crippen LogP contribution in [0.5, 0.6) is 0 Å². The number of aliphatic hydroxyl groups is 2. The van der Waals surface area contributed by atoms with Crippen LogP contribution in [-0.4, -0.2) is 46.9 Å². The summed E-state index contributed by atoms with van der Waals surface area (Å²) >= 11 is 0. The van der Waals surface area contributed by atoms with E-state index in [2.05, 4.69) is 50.4 Å². The van der Waals surface area contributed by atoms with Gasteiger partial charge < -0.3 is 20.3 Å². The summed E-state index contributed by atoms with van der Waals surface area (Å²) in [5.41, 5.74) is 0. The zero-order chi connectivity index (χ0) is 40.3. The van der Waals surface area contributed by atoms with Gasteiger partial charge in [-0.25, -0.2) is 0 Å². The number of unbranched alkanes of at least 4 members (excludes halogenated alkanes) is 21. The van der Waals surface area contributed by atoms with Crippen LogP contribution in [0.2, 0.25) is 0 Å². The second kappa shape index (κ2) is 42.7. The van der Waals surface area contributed by atoms with Crippen LogP contribution in [0.1, 0.15) is 213 Å². The van der Waals surface area contributed by atoms with Crippen LogP contribution < -0.4 is 5.32 Å². The molecule has 0 aliphatic rings. The van der Waals surface area contributed by atoms with Gasteiger partial charge in [0.2, 0.25) is 5.91 Å². The standard InChI is InChI=1S/C49H87NO5/c1-4-7-10-13-16-19-22-24-27-30-33-36-39-42-49(54)55-45(40-37-34-31-28-25-21-18-15-12-9-6-3)43-48(53)50-46(44-51)47(52)41-38-35-32-29-26-23-20-17-14-11-8-5-2/h9,12,15,18,21,24-25,27-28,31,45-47,51-52H,4-8,10-11,13-14,16-17,19-20,22-23,26,29-30,32-44H2,1-3H3,(H,50,53)/b12-9+,18-15+,25-21-,27-24-,31-28-. The van der Waals surface area contributed by atoms with Crippen molar-refractivity contribution in [3.05, 3.63) is 60.8 Å². The number of esters is 1. The maximum atomic E-state index is 13.1. The molecule has 0 aromatic heterocycles. The molecular formula is C49H87NO5. The van der Waals surface area contributed by atoms with Gasteiger partial charge >= 0.3 is 5.97 Å². The molecule has 0 bridgehead atoms. The minimum absolute atomic E-state index is 0.0245. The van der Waals surface area contributed by atoms with Crippen LogP contribution >= 0.6 is 0 Å². The number of rotatable bonds is 40. The maximum Gasteiger partial charge on any atom is 0.306 e. The molecule has 318 valence electrons. The van der Waals surface area contributed by atoms with E-state index in [9.17, 15) is 19.8 Å². The number of aliphatic hydroxyl groups excluding tert-OH is 2. The van der Waals surface area contributed by atoms with Crippen molar-refractivity contribution in [3.63, 3.8) is 0 Å². The molecule has 1 amide bonds. The lowest BCUT2D eigenvalue weighted by atomic mass is 10.0. The van der Waals surface area contributed by atoms with E-state index in [-0.39, 0.29) is 24.9 Å². The van der Waals surface area contributed by atoms with E-state index in [1.54, 1.807) is 0 Å². The van der Waals surface area contributed by atoms with Crippen LogP contribution in [-0.2, 0) is 14.3 Å². The van der Waals surface area contributed by atoms with Gasteiger partial charge in [0.05, 0.1) is 25.2 Å². The molecule has 0 saturated heterocycles. The van der Waals surface area contributed by atoms with Gasteiger partial charge in [0, 0.05) is 6.42 Å². The maximum absolute atomic E-state index is 13.1. The molecule has 3 unspecified atom stereocenters. The van der Waals surface area contributed by atoms with Gasteiger partial charge in [-0.15, -0.1) is 0 Å². The number of hydrogen-bond donors (Lipinski definition) is 3. The molecule has 0 aromatic carbocycles. The van der Waals surface area contributed by atoms with E-state index < -0.39 is 18.2 Å². The first-order chi connectivity index (χ1) is 27.0. The highest BCUT2D eigenvalue weighted by Gasteiger charge is 2.24. The lowest BCUT2D eigenvalue weighted by Crippen LogP contribution is -2.46. The molecule has 0 aliphatic carbocycles. The van der Waals surface area contributed by atoms with E-state index in [4.69, 9.17) is 4.74 Å². The molecule has 0 aliphatic heterocycles. The monoisotopic (exact) mass is 770 g/mol. The van der Waals surface area contributed by atoms with Crippen molar-refractivity contribution in [1.29, 1.82) is 0 Å². The summed E-state index contributed by atoms with van der Waals surface area (Å²) in [6, 6.07) is -0.724. The Kier molecular flexibility index (Phi) is 40.8. The van der Waals surface area contributed by atoms with Crippen LogP contribution in [0.15, 0.2) is 60.8 Å². The summed E-state index contributed by atoms with van der Waals surface area (Å²) < 4.78 is 5.85. The van der Waals surface area contributed by atoms with Gasteiger partial charge in [0.25, 0.3) is 0 Å². The molecule has 0 heterocycles. The molecule has 0 fully saturated rings. The van der Waals surface area contributed by atoms with E-state index in [1.807, 2.05) is 36.5 Å². The summed E-state index contributed by atoms with van der Waals surface area (Å²) in [6.45, 7) is 6.29. The zero-order valence-electron chi connectivity index (χ0n) is 36.0. The predicted octanol–water partition coefficient (Wildman–Crippen LogP) is 13.3. The van der Waals surface area contributed by atoms with Crippen molar-refractivity contribution < 1.29 is 24.5 Å². The summed E-state index contributed by atoms with van der Waals surface area (Å²) in [5, 5.41) is 23.6. The molecule has 0 saturated carbocycles. The third-order valence-corrected chi connectivity index (χ3v) is 10.2. The number of amides is 1. The second-order valence-electron chi connectivity index (χ2n) is 15.5. The average Bonchev–Trinajstić information content (AvgIpc) is 3.18. The molecule has 0 rings (SSSR count). The van der Waals surface area contributed by atoms with Crippen LogP contribution in [0.3, 0.4) is 0 Å². The first kappa shape index (κ1) is 52.6. The third-order valence-electron chi connectivity index (χ3n) is 10.2. The fourth-order valence-electron chi connectivity index (χ4n) is 6.68. The zero-order valence-corrected chi connectivity index (χ0v) is 36.0. The Balaban J connectivity index is 4.68. The Bertz CT molecular complexity index is 999. The summed E-state index contributed by atoms with van der Waals surface area (Å²) in [4.78, 5) is 25.9. The molecule has 3 N–H and O–H groups in total. The topological polar surface area (TPSA) is 95.9 Å². The first-order valence-electron chi connectivity index (χ1n) is 23.1. The molecule has 0 spiro atoms. The van der Waals surface area contributed by atoms with Crippen LogP contribution in [0.25, 0.3) is 0 Å². The summed E-state index contributed by atoms with van der Waals surface area (Å²) in [5.74, 6) is -0.565. The van der Waals surface area contributed by atoms with Crippen LogP contribution in [0.4, 0.5) is 0 Å². The van der Waals surface area contributed by atoms with Gasteiger partial charge in [-0.1, -0.05) is 197 Å². The molecule has 55 heavy (non-hydrogen) atoms. The number of carbonyl (C=O) groups is 2. The van der Waals surface area contributed by atoms with Crippen molar-refractivity contribution in [2.75, 3.05) is 6.61 Å². The smallest absolute Gasteiger partial charge is 0.306 e. The normalized spacial score (nSPS) is 13.9. The van der Waals surface area contributed by atoms with Crippen LogP contribution in [0, 0.1) is 0 Å². The van der Waals surface area contributed by atoms with Gasteiger partial charge in [-0.2, -0.15) is 0 Å². The lowest BCUT2D eigenvalue weighted by molar-refractivity contribution is -0.151. The number of nitrogens with one attached hydrogen (secondary N) is 1. The Labute approximate surface area is 339 Å². The lowest BCUT2D eigenvalue weighted by Gasteiger charge is -2.24. The Morgan fingerprint density at radius 1 is 0.545 bits per heavy atom. The minimum atomic E-state index is -0.806. The molecule has 3 atom stereocenters. The van der Waals surface area contributed by atoms with Crippen molar-refractivity contribution in [1.82, 2.24) is 5.32 Å². The summed E-state index contributed by atoms with van der Waals surface area (Å²) in [7, 11) is 0. The molecule has 0 aromatic rings. The molecule has 0 radical (unpaired) electrons. The highest BCUT2D eigenvalue weighted by atomic mass is 16.5. The Hall–Kier alpha value is -2.44.